The van der Waals surface area contributed by atoms with Crippen LogP contribution < -0.4 is 5.32 Å². The number of amides is 1. The maximum absolute atomic E-state index is 12.1. The SMILES string of the molecule is CC(C)N(CCO)C(=O)C1CCCNC1. The summed E-state index contributed by atoms with van der Waals surface area (Å²) in [5, 5.41) is 12.2. The highest BCUT2D eigenvalue weighted by Crippen LogP contribution is 2.14. The Balaban J connectivity index is 2.53. The minimum atomic E-state index is 0.0457. The molecular weight excluding hydrogens is 192 g/mol. The molecule has 1 aliphatic heterocycles. The Kier molecular flexibility index (Phi) is 5.05. The van der Waals surface area contributed by atoms with Gasteiger partial charge in [-0.2, -0.15) is 0 Å². The summed E-state index contributed by atoms with van der Waals surface area (Å²) in [6, 6.07) is 0.173. The van der Waals surface area contributed by atoms with Crippen LogP contribution in [0, 0.1) is 5.92 Å². The molecule has 1 aliphatic rings. The molecule has 0 aromatic carbocycles. The van der Waals surface area contributed by atoms with E-state index in [0.29, 0.717) is 6.54 Å². The average molecular weight is 214 g/mol. The third-order valence-corrected chi connectivity index (χ3v) is 2.89. The summed E-state index contributed by atoms with van der Waals surface area (Å²) in [5.74, 6) is 0.291. The van der Waals surface area contributed by atoms with Gasteiger partial charge in [-0.1, -0.05) is 0 Å². The van der Waals surface area contributed by atoms with E-state index in [4.69, 9.17) is 5.11 Å². The van der Waals surface area contributed by atoms with Gasteiger partial charge in [-0.05, 0) is 33.2 Å². The number of nitrogens with zero attached hydrogens (tertiary/aromatic N) is 1. The minimum absolute atomic E-state index is 0.0457. The molecule has 0 aromatic rings. The Morgan fingerprint density at radius 3 is 2.80 bits per heavy atom. The number of carbonyl (C=O) groups excluding carboxylic acids is 1. The quantitative estimate of drug-likeness (QED) is 0.703. The summed E-state index contributed by atoms with van der Waals surface area (Å²) in [6.45, 7) is 6.28. The monoisotopic (exact) mass is 214 g/mol. The second kappa shape index (κ2) is 6.08. The van der Waals surface area contributed by atoms with Crippen LogP contribution >= 0.6 is 0 Å². The van der Waals surface area contributed by atoms with Crippen molar-refractivity contribution in [2.75, 3.05) is 26.2 Å². The lowest BCUT2D eigenvalue weighted by Crippen LogP contribution is -2.46. The number of nitrogens with one attached hydrogen (secondary N) is 1. The number of aliphatic hydroxyl groups is 1. The molecule has 88 valence electrons. The predicted octanol–water partition coefficient (Wildman–Crippen LogP) is 0.215. The van der Waals surface area contributed by atoms with Gasteiger partial charge in [-0.15, -0.1) is 0 Å². The third kappa shape index (κ3) is 3.47. The van der Waals surface area contributed by atoms with Crippen molar-refractivity contribution >= 4 is 5.91 Å². The van der Waals surface area contributed by atoms with E-state index in [9.17, 15) is 4.79 Å². The van der Waals surface area contributed by atoms with Crippen molar-refractivity contribution in [2.45, 2.75) is 32.7 Å². The average Bonchev–Trinajstić information content (AvgIpc) is 2.26. The summed E-state index contributed by atoms with van der Waals surface area (Å²) < 4.78 is 0. The van der Waals surface area contributed by atoms with E-state index in [1.54, 1.807) is 4.90 Å². The van der Waals surface area contributed by atoms with E-state index < -0.39 is 0 Å². The normalized spacial score (nSPS) is 21.7. The maximum Gasteiger partial charge on any atom is 0.227 e. The molecule has 0 bridgehead atoms. The molecule has 0 spiro atoms. The summed E-state index contributed by atoms with van der Waals surface area (Å²) in [7, 11) is 0. The Morgan fingerprint density at radius 1 is 1.60 bits per heavy atom. The molecular formula is C11H22N2O2. The van der Waals surface area contributed by atoms with Crippen LogP contribution in [0.3, 0.4) is 0 Å². The van der Waals surface area contributed by atoms with Gasteiger partial charge in [0.2, 0.25) is 5.91 Å². The fourth-order valence-electron chi connectivity index (χ4n) is 2.03. The lowest BCUT2D eigenvalue weighted by molar-refractivity contribution is -0.138. The van der Waals surface area contributed by atoms with Crippen LogP contribution in [0.2, 0.25) is 0 Å². The van der Waals surface area contributed by atoms with Crippen molar-refractivity contribution in [3.8, 4) is 0 Å². The molecule has 2 N–H and O–H groups in total. The molecule has 0 aromatic heterocycles. The van der Waals surface area contributed by atoms with Crippen LogP contribution in [0.1, 0.15) is 26.7 Å². The Bertz CT molecular complexity index is 201. The van der Waals surface area contributed by atoms with Gasteiger partial charge in [0.25, 0.3) is 0 Å². The van der Waals surface area contributed by atoms with Gasteiger partial charge in [-0.25, -0.2) is 0 Å². The van der Waals surface area contributed by atoms with Crippen LogP contribution in [-0.2, 0) is 4.79 Å². The van der Waals surface area contributed by atoms with Crippen molar-refractivity contribution in [1.82, 2.24) is 10.2 Å². The summed E-state index contributed by atoms with van der Waals surface area (Å²) in [5.41, 5.74) is 0. The summed E-state index contributed by atoms with van der Waals surface area (Å²) in [4.78, 5) is 13.9. The second-order valence-corrected chi connectivity index (χ2v) is 4.39. The Hall–Kier alpha value is -0.610. The van der Waals surface area contributed by atoms with Gasteiger partial charge in [0.05, 0.1) is 12.5 Å². The van der Waals surface area contributed by atoms with Crippen molar-refractivity contribution in [3.63, 3.8) is 0 Å². The van der Waals surface area contributed by atoms with E-state index in [1.165, 1.54) is 0 Å². The van der Waals surface area contributed by atoms with Crippen molar-refractivity contribution in [3.05, 3.63) is 0 Å². The second-order valence-electron chi connectivity index (χ2n) is 4.39. The van der Waals surface area contributed by atoms with Crippen molar-refractivity contribution in [2.24, 2.45) is 5.92 Å². The minimum Gasteiger partial charge on any atom is -0.395 e. The fourth-order valence-corrected chi connectivity index (χ4v) is 2.03. The third-order valence-electron chi connectivity index (χ3n) is 2.89. The molecule has 0 radical (unpaired) electrons. The topological polar surface area (TPSA) is 52.6 Å². The van der Waals surface area contributed by atoms with Gasteiger partial charge < -0.3 is 15.3 Å². The van der Waals surface area contributed by atoms with Gasteiger partial charge in [0, 0.05) is 19.1 Å². The molecule has 1 amide bonds. The van der Waals surface area contributed by atoms with Crippen LogP contribution in [0.15, 0.2) is 0 Å². The van der Waals surface area contributed by atoms with Crippen LogP contribution in [0.5, 0.6) is 0 Å². The van der Waals surface area contributed by atoms with Gasteiger partial charge in [-0.3, -0.25) is 4.79 Å². The first-order chi connectivity index (χ1) is 7.16. The van der Waals surface area contributed by atoms with Gasteiger partial charge >= 0.3 is 0 Å². The number of carbonyl (C=O) groups is 1. The first kappa shape index (κ1) is 12.5. The zero-order valence-corrected chi connectivity index (χ0v) is 9.70. The molecule has 15 heavy (non-hydrogen) atoms. The summed E-state index contributed by atoms with van der Waals surface area (Å²) in [6.07, 6.45) is 2.04. The Morgan fingerprint density at radius 2 is 2.33 bits per heavy atom. The Labute approximate surface area is 91.6 Å². The largest absolute Gasteiger partial charge is 0.395 e. The van der Waals surface area contributed by atoms with Crippen molar-refractivity contribution in [1.29, 1.82) is 0 Å². The van der Waals surface area contributed by atoms with Crippen LogP contribution in [-0.4, -0.2) is 48.2 Å². The number of hydrogen-bond acceptors (Lipinski definition) is 3. The lowest BCUT2D eigenvalue weighted by atomic mass is 9.97. The zero-order chi connectivity index (χ0) is 11.3. The molecule has 1 atom stereocenters. The molecule has 4 nitrogen and oxygen atoms in total. The van der Waals surface area contributed by atoms with E-state index in [0.717, 1.165) is 25.9 Å². The fraction of sp³-hybridized carbons (Fsp3) is 0.909. The van der Waals surface area contributed by atoms with Crippen molar-refractivity contribution < 1.29 is 9.90 Å². The van der Waals surface area contributed by atoms with E-state index >= 15 is 0 Å². The highest BCUT2D eigenvalue weighted by Gasteiger charge is 2.26. The van der Waals surface area contributed by atoms with Crippen LogP contribution in [0.4, 0.5) is 0 Å². The zero-order valence-electron chi connectivity index (χ0n) is 9.70. The van der Waals surface area contributed by atoms with Gasteiger partial charge in [0.1, 0.15) is 0 Å². The van der Waals surface area contributed by atoms with E-state index in [1.807, 2.05) is 13.8 Å². The standard InChI is InChI=1S/C11H22N2O2/c1-9(2)13(6-7-14)11(15)10-4-3-5-12-8-10/h9-10,12,14H,3-8H2,1-2H3. The highest BCUT2D eigenvalue weighted by molar-refractivity contribution is 5.79. The smallest absolute Gasteiger partial charge is 0.227 e. The molecule has 0 saturated carbocycles. The molecule has 4 heteroatoms. The maximum atomic E-state index is 12.1. The number of aliphatic hydroxyl groups excluding tert-OH is 1. The molecule has 1 rings (SSSR count). The number of hydrogen-bond donors (Lipinski definition) is 2. The lowest BCUT2D eigenvalue weighted by Gasteiger charge is -2.32. The van der Waals surface area contributed by atoms with E-state index in [2.05, 4.69) is 5.32 Å². The molecule has 1 heterocycles. The summed E-state index contributed by atoms with van der Waals surface area (Å²) >= 11 is 0. The van der Waals surface area contributed by atoms with Gasteiger partial charge in [0.15, 0.2) is 0 Å². The van der Waals surface area contributed by atoms with E-state index in [-0.39, 0.29) is 24.5 Å². The molecule has 1 fully saturated rings. The molecule has 1 unspecified atom stereocenters. The number of piperidine rings is 1. The first-order valence-corrected chi connectivity index (χ1v) is 5.79. The number of rotatable bonds is 4. The van der Waals surface area contributed by atoms with Crippen LogP contribution in [0.25, 0.3) is 0 Å². The molecule has 1 saturated heterocycles. The first-order valence-electron chi connectivity index (χ1n) is 5.79. The predicted molar refractivity (Wildman–Crippen MR) is 59.5 cm³/mol. The molecule has 0 aliphatic carbocycles. The highest BCUT2D eigenvalue weighted by atomic mass is 16.3.